The Morgan fingerprint density at radius 1 is 0.808 bits per heavy atom. The predicted octanol–water partition coefficient (Wildman–Crippen LogP) is 4.92. The molecule has 0 amide bonds. The molecule has 0 aliphatic heterocycles. The number of aryl methyl sites for hydroxylation is 1. The first-order valence-electron chi connectivity index (χ1n) is 8.53. The summed E-state index contributed by atoms with van der Waals surface area (Å²) in [7, 11) is 0. The number of fused-ring (bicyclic) bond motifs is 2. The van der Waals surface area contributed by atoms with Crippen LogP contribution in [0.1, 0.15) is 5.56 Å². The van der Waals surface area contributed by atoms with Crippen LogP contribution < -0.4 is 0 Å². The summed E-state index contributed by atoms with van der Waals surface area (Å²) in [4.78, 5) is 9.06. The first-order valence-corrected chi connectivity index (χ1v) is 8.53. The van der Waals surface area contributed by atoms with Gasteiger partial charge in [-0.2, -0.15) is 5.10 Å². The lowest BCUT2D eigenvalue weighted by atomic mass is 10.1. The molecule has 0 spiro atoms. The standard InChI is InChI=1S/C22H16N4/c1-15-4-6-16(7-5-15)19-12-24-22-20(13-25-26(22)14-19)17-8-9-21-18(11-17)3-2-10-23-21/h2-14H,1H3. The summed E-state index contributed by atoms with van der Waals surface area (Å²) in [5, 5.41) is 5.63. The molecule has 0 aliphatic carbocycles. The van der Waals surface area contributed by atoms with E-state index in [4.69, 9.17) is 0 Å². The predicted molar refractivity (Wildman–Crippen MR) is 104 cm³/mol. The molecule has 5 aromatic rings. The van der Waals surface area contributed by atoms with Gasteiger partial charge in [0.25, 0.3) is 0 Å². The number of benzene rings is 2. The van der Waals surface area contributed by atoms with Crippen LogP contribution in [-0.2, 0) is 0 Å². The van der Waals surface area contributed by atoms with Crippen molar-refractivity contribution in [1.82, 2.24) is 19.6 Å². The van der Waals surface area contributed by atoms with Gasteiger partial charge in [0, 0.05) is 35.1 Å². The molecule has 3 heterocycles. The van der Waals surface area contributed by atoms with Crippen molar-refractivity contribution in [3.8, 4) is 22.3 Å². The molecule has 0 radical (unpaired) electrons. The van der Waals surface area contributed by atoms with Crippen LogP contribution in [-0.4, -0.2) is 19.6 Å². The maximum atomic E-state index is 4.68. The van der Waals surface area contributed by atoms with Crippen LogP contribution in [0.2, 0.25) is 0 Å². The molecule has 4 nitrogen and oxygen atoms in total. The van der Waals surface area contributed by atoms with Crippen LogP contribution in [0, 0.1) is 6.92 Å². The van der Waals surface area contributed by atoms with Crippen molar-refractivity contribution in [1.29, 1.82) is 0 Å². The van der Waals surface area contributed by atoms with E-state index in [0.29, 0.717) is 0 Å². The minimum absolute atomic E-state index is 0.851. The van der Waals surface area contributed by atoms with Crippen LogP contribution in [0.4, 0.5) is 0 Å². The van der Waals surface area contributed by atoms with Gasteiger partial charge in [0.15, 0.2) is 5.65 Å². The summed E-state index contributed by atoms with van der Waals surface area (Å²) < 4.78 is 1.85. The fourth-order valence-corrected chi connectivity index (χ4v) is 3.22. The lowest BCUT2D eigenvalue weighted by molar-refractivity contribution is 0.941. The highest BCUT2D eigenvalue weighted by Crippen LogP contribution is 2.27. The number of nitrogens with zero attached hydrogens (tertiary/aromatic N) is 4. The van der Waals surface area contributed by atoms with E-state index in [1.807, 2.05) is 41.4 Å². The molecule has 0 saturated carbocycles. The summed E-state index contributed by atoms with van der Waals surface area (Å²) in [5.74, 6) is 0. The molecule has 2 aromatic carbocycles. The first kappa shape index (κ1) is 14.8. The van der Waals surface area contributed by atoms with Gasteiger partial charge in [-0.05, 0) is 36.2 Å². The van der Waals surface area contributed by atoms with Gasteiger partial charge in [0.05, 0.1) is 11.7 Å². The van der Waals surface area contributed by atoms with Gasteiger partial charge in [-0.1, -0.05) is 42.0 Å². The number of hydrogen-bond donors (Lipinski definition) is 0. The van der Waals surface area contributed by atoms with Crippen LogP contribution in [0.25, 0.3) is 38.8 Å². The van der Waals surface area contributed by atoms with E-state index in [1.54, 1.807) is 0 Å². The smallest absolute Gasteiger partial charge is 0.162 e. The highest BCUT2D eigenvalue weighted by atomic mass is 15.2. The molecule has 0 bridgehead atoms. The fraction of sp³-hybridized carbons (Fsp3) is 0.0455. The number of aromatic nitrogens is 4. The largest absolute Gasteiger partial charge is 0.256 e. The average molecular weight is 336 g/mol. The maximum Gasteiger partial charge on any atom is 0.162 e. The molecule has 0 saturated heterocycles. The first-order chi connectivity index (χ1) is 12.8. The molecule has 5 rings (SSSR count). The van der Waals surface area contributed by atoms with E-state index in [0.717, 1.165) is 38.8 Å². The van der Waals surface area contributed by atoms with Gasteiger partial charge in [-0.3, -0.25) is 4.98 Å². The van der Waals surface area contributed by atoms with E-state index in [9.17, 15) is 0 Å². The third-order valence-corrected chi connectivity index (χ3v) is 4.66. The van der Waals surface area contributed by atoms with E-state index < -0.39 is 0 Å². The fourth-order valence-electron chi connectivity index (χ4n) is 3.22. The summed E-state index contributed by atoms with van der Waals surface area (Å²) in [6, 6.07) is 18.7. The van der Waals surface area contributed by atoms with Crippen molar-refractivity contribution >= 4 is 16.6 Å². The van der Waals surface area contributed by atoms with Gasteiger partial charge < -0.3 is 0 Å². The molecule has 124 valence electrons. The van der Waals surface area contributed by atoms with Crippen molar-refractivity contribution in [3.05, 3.63) is 84.9 Å². The zero-order valence-corrected chi connectivity index (χ0v) is 14.3. The molecule has 0 aliphatic rings. The minimum Gasteiger partial charge on any atom is -0.256 e. The van der Waals surface area contributed by atoms with Gasteiger partial charge in [0.1, 0.15) is 0 Å². The highest BCUT2D eigenvalue weighted by molar-refractivity contribution is 5.87. The average Bonchev–Trinajstić information content (AvgIpc) is 3.11. The zero-order valence-electron chi connectivity index (χ0n) is 14.3. The van der Waals surface area contributed by atoms with Crippen molar-refractivity contribution < 1.29 is 0 Å². The van der Waals surface area contributed by atoms with Crippen molar-refractivity contribution in [2.24, 2.45) is 0 Å². The quantitative estimate of drug-likeness (QED) is 0.459. The van der Waals surface area contributed by atoms with Crippen LogP contribution >= 0.6 is 0 Å². The van der Waals surface area contributed by atoms with Gasteiger partial charge in [-0.25, -0.2) is 9.50 Å². The SMILES string of the molecule is Cc1ccc(-c2cnc3c(-c4ccc5ncccc5c4)cnn3c2)cc1. The number of rotatable bonds is 2. The van der Waals surface area contributed by atoms with E-state index in [1.165, 1.54) is 5.56 Å². The van der Waals surface area contributed by atoms with Crippen molar-refractivity contribution in [3.63, 3.8) is 0 Å². The summed E-state index contributed by atoms with van der Waals surface area (Å²) in [6.45, 7) is 2.09. The highest BCUT2D eigenvalue weighted by Gasteiger charge is 2.10. The van der Waals surface area contributed by atoms with Crippen molar-refractivity contribution in [2.45, 2.75) is 6.92 Å². The van der Waals surface area contributed by atoms with E-state index >= 15 is 0 Å². The topological polar surface area (TPSA) is 43.1 Å². The van der Waals surface area contributed by atoms with Crippen LogP contribution in [0.15, 0.2) is 79.4 Å². The van der Waals surface area contributed by atoms with Gasteiger partial charge >= 0.3 is 0 Å². The van der Waals surface area contributed by atoms with Crippen LogP contribution in [0.3, 0.4) is 0 Å². The second-order valence-corrected chi connectivity index (χ2v) is 6.45. The molecule has 26 heavy (non-hydrogen) atoms. The normalized spacial score (nSPS) is 11.3. The Labute approximate surface area is 150 Å². The molecule has 4 heteroatoms. The molecule has 0 N–H and O–H groups in total. The lowest BCUT2D eigenvalue weighted by Gasteiger charge is -2.04. The Bertz CT molecular complexity index is 1240. The Balaban J connectivity index is 1.61. The number of pyridine rings is 1. The molecule has 0 atom stereocenters. The molecule has 0 fully saturated rings. The third-order valence-electron chi connectivity index (χ3n) is 4.66. The minimum atomic E-state index is 0.851. The Kier molecular flexibility index (Phi) is 3.28. The van der Waals surface area contributed by atoms with E-state index in [-0.39, 0.29) is 0 Å². The lowest BCUT2D eigenvalue weighted by Crippen LogP contribution is -1.92. The Morgan fingerprint density at radius 3 is 2.54 bits per heavy atom. The summed E-state index contributed by atoms with van der Waals surface area (Å²) in [5.41, 5.74) is 7.39. The van der Waals surface area contributed by atoms with Crippen LogP contribution in [0.5, 0.6) is 0 Å². The third kappa shape index (κ3) is 2.43. The summed E-state index contributed by atoms with van der Waals surface area (Å²) in [6.07, 6.45) is 7.62. The Hall–Kier alpha value is -3.53. The van der Waals surface area contributed by atoms with Gasteiger partial charge in [0.2, 0.25) is 0 Å². The van der Waals surface area contributed by atoms with Gasteiger partial charge in [-0.15, -0.1) is 0 Å². The molecule has 0 unspecified atom stereocenters. The second-order valence-electron chi connectivity index (χ2n) is 6.45. The van der Waals surface area contributed by atoms with E-state index in [2.05, 4.69) is 64.5 Å². The van der Waals surface area contributed by atoms with Crippen molar-refractivity contribution in [2.75, 3.05) is 0 Å². The second kappa shape index (κ2) is 5.77. The summed E-state index contributed by atoms with van der Waals surface area (Å²) >= 11 is 0. The zero-order chi connectivity index (χ0) is 17.5. The molecular weight excluding hydrogens is 320 g/mol. The monoisotopic (exact) mass is 336 g/mol. The Morgan fingerprint density at radius 2 is 1.65 bits per heavy atom. The molecular formula is C22H16N4. The molecule has 3 aromatic heterocycles. The number of hydrogen-bond acceptors (Lipinski definition) is 3. The maximum absolute atomic E-state index is 4.68.